The molecule has 0 saturated heterocycles. The molecular weight excluding hydrogens is 300 g/mol. The molecule has 0 unspecified atom stereocenters. The summed E-state index contributed by atoms with van der Waals surface area (Å²) < 4.78 is 5.15. The first-order chi connectivity index (χ1) is 10.3. The highest BCUT2D eigenvalue weighted by Gasteiger charge is 2.28. The van der Waals surface area contributed by atoms with Crippen LogP contribution in [-0.4, -0.2) is 30.6 Å². The maximum absolute atomic E-state index is 12.2. The van der Waals surface area contributed by atoms with Crippen LogP contribution in [0.25, 0.3) is 0 Å². The van der Waals surface area contributed by atoms with Crippen LogP contribution in [0, 0.1) is 0 Å². The second kappa shape index (κ2) is 6.79. The maximum Gasteiger partial charge on any atom is 0.341 e. The van der Waals surface area contributed by atoms with Gasteiger partial charge in [0, 0.05) is 10.4 Å². The number of carbonyl (C=O) groups excluding carboxylic acids is 2. The maximum atomic E-state index is 12.2. The molecule has 22 heavy (non-hydrogen) atoms. The second-order valence-corrected chi connectivity index (χ2v) is 7.54. The lowest BCUT2D eigenvalue weighted by atomic mass is 10.1. The Morgan fingerprint density at radius 3 is 2.64 bits per heavy atom. The van der Waals surface area contributed by atoms with Gasteiger partial charge >= 0.3 is 5.97 Å². The lowest BCUT2D eigenvalue weighted by Crippen LogP contribution is -2.41. The van der Waals surface area contributed by atoms with Gasteiger partial charge in [0.15, 0.2) is 0 Å². The largest absolute Gasteiger partial charge is 0.462 e. The van der Waals surface area contributed by atoms with Crippen LogP contribution in [0.3, 0.4) is 0 Å². The van der Waals surface area contributed by atoms with Gasteiger partial charge in [0.2, 0.25) is 5.91 Å². The molecule has 0 atom stereocenters. The molecule has 1 aromatic rings. The van der Waals surface area contributed by atoms with Crippen LogP contribution in [0.1, 0.15) is 54.9 Å². The van der Waals surface area contributed by atoms with Crippen LogP contribution < -0.4 is 10.6 Å². The molecule has 2 N–H and O–H groups in total. The summed E-state index contributed by atoms with van der Waals surface area (Å²) in [5.74, 6) is -0.471. The minimum absolute atomic E-state index is 0.126. The first kappa shape index (κ1) is 17.0. The van der Waals surface area contributed by atoms with Crippen molar-refractivity contribution in [1.29, 1.82) is 0 Å². The van der Waals surface area contributed by atoms with E-state index in [1.807, 2.05) is 20.8 Å². The topological polar surface area (TPSA) is 67.4 Å². The molecule has 122 valence electrons. The van der Waals surface area contributed by atoms with Gasteiger partial charge in [-0.1, -0.05) is 0 Å². The molecule has 0 radical (unpaired) electrons. The van der Waals surface area contributed by atoms with Crippen molar-refractivity contribution in [1.82, 2.24) is 5.32 Å². The van der Waals surface area contributed by atoms with E-state index >= 15 is 0 Å². The van der Waals surface area contributed by atoms with Crippen LogP contribution in [0.2, 0.25) is 0 Å². The minimum Gasteiger partial charge on any atom is -0.462 e. The average molecular weight is 324 g/mol. The Labute approximate surface area is 135 Å². The van der Waals surface area contributed by atoms with Crippen LogP contribution in [0.4, 0.5) is 5.00 Å². The number of anilines is 1. The molecule has 1 amide bonds. The number of nitrogens with one attached hydrogen (secondary N) is 2. The molecular formula is C16H24N2O3S. The minimum atomic E-state index is -0.332. The van der Waals surface area contributed by atoms with Gasteiger partial charge in [-0.05, 0) is 52.5 Å². The van der Waals surface area contributed by atoms with Gasteiger partial charge in [-0.25, -0.2) is 4.79 Å². The lowest BCUT2D eigenvalue weighted by Gasteiger charge is -2.20. The molecule has 5 nitrogen and oxygen atoms in total. The summed E-state index contributed by atoms with van der Waals surface area (Å²) in [7, 11) is 0. The van der Waals surface area contributed by atoms with Crippen molar-refractivity contribution in [2.24, 2.45) is 0 Å². The quantitative estimate of drug-likeness (QED) is 0.817. The van der Waals surface area contributed by atoms with Gasteiger partial charge in [-0.2, -0.15) is 0 Å². The molecule has 1 heterocycles. The van der Waals surface area contributed by atoms with Crippen molar-refractivity contribution < 1.29 is 14.3 Å². The van der Waals surface area contributed by atoms with Crippen LogP contribution in [0.15, 0.2) is 0 Å². The number of rotatable bonds is 5. The van der Waals surface area contributed by atoms with Crippen molar-refractivity contribution in [2.45, 2.75) is 52.5 Å². The molecule has 1 aromatic heterocycles. The summed E-state index contributed by atoms with van der Waals surface area (Å²) in [6.07, 6.45) is 2.92. The fourth-order valence-corrected chi connectivity index (χ4v) is 3.72. The van der Waals surface area contributed by atoms with Gasteiger partial charge < -0.3 is 15.4 Å². The van der Waals surface area contributed by atoms with E-state index < -0.39 is 0 Å². The summed E-state index contributed by atoms with van der Waals surface area (Å²) >= 11 is 1.50. The van der Waals surface area contributed by atoms with Gasteiger partial charge in [0.1, 0.15) is 5.00 Å². The highest BCUT2D eigenvalue weighted by atomic mass is 32.1. The van der Waals surface area contributed by atoms with Crippen LogP contribution >= 0.6 is 11.3 Å². The number of ether oxygens (including phenoxy) is 1. The fourth-order valence-electron chi connectivity index (χ4n) is 2.43. The zero-order valence-electron chi connectivity index (χ0n) is 13.7. The Kier molecular flexibility index (Phi) is 5.24. The highest BCUT2D eigenvalue weighted by Crippen LogP contribution is 2.39. The third kappa shape index (κ3) is 4.08. The van der Waals surface area contributed by atoms with Gasteiger partial charge in [0.25, 0.3) is 0 Å². The van der Waals surface area contributed by atoms with Crippen molar-refractivity contribution in [3.8, 4) is 0 Å². The van der Waals surface area contributed by atoms with Crippen molar-refractivity contribution in [3.05, 3.63) is 16.0 Å². The molecule has 1 aliphatic rings. The van der Waals surface area contributed by atoms with E-state index in [9.17, 15) is 9.59 Å². The number of hydrogen-bond acceptors (Lipinski definition) is 5. The Hall–Kier alpha value is -1.40. The van der Waals surface area contributed by atoms with Crippen molar-refractivity contribution in [3.63, 3.8) is 0 Å². The average Bonchev–Trinajstić information content (AvgIpc) is 2.95. The number of fused-ring (bicyclic) bond motifs is 1. The molecule has 6 heteroatoms. The lowest BCUT2D eigenvalue weighted by molar-refractivity contribution is -0.115. The number of thiophene rings is 1. The molecule has 0 spiro atoms. The van der Waals surface area contributed by atoms with E-state index in [1.165, 1.54) is 16.2 Å². The fraction of sp³-hybridized carbons (Fsp3) is 0.625. The molecule has 0 bridgehead atoms. The Morgan fingerprint density at radius 2 is 2.00 bits per heavy atom. The predicted molar refractivity (Wildman–Crippen MR) is 88.7 cm³/mol. The van der Waals surface area contributed by atoms with Crippen LogP contribution in [0.5, 0.6) is 0 Å². The molecule has 1 aliphatic carbocycles. The van der Waals surface area contributed by atoms with Gasteiger partial charge in [0.05, 0.1) is 18.7 Å². The van der Waals surface area contributed by atoms with E-state index in [0.29, 0.717) is 17.2 Å². The monoisotopic (exact) mass is 324 g/mol. The smallest absolute Gasteiger partial charge is 0.341 e. The molecule has 0 aromatic carbocycles. The molecule has 0 saturated carbocycles. The van der Waals surface area contributed by atoms with Crippen molar-refractivity contribution in [2.75, 3.05) is 18.5 Å². The summed E-state index contributed by atoms with van der Waals surface area (Å²) in [5.41, 5.74) is 1.49. The number of hydrogen-bond donors (Lipinski definition) is 2. The van der Waals surface area contributed by atoms with E-state index in [0.717, 1.165) is 24.8 Å². The second-order valence-electron chi connectivity index (χ2n) is 6.43. The number of carbonyl (C=O) groups is 2. The van der Waals surface area contributed by atoms with Gasteiger partial charge in [-0.3, -0.25) is 4.79 Å². The predicted octanol–water partition coefficient (Wildman–Crippen LogP) is 2.74. The van der Waals surface area contributed by atoms with E-state index in [1.54, 1.807) is 6.92 Å². The molecule has 2 rings (SSSR count). The SMILES string of the molecule is CCOC(=O)c1c(NC(=O)CNC(C)(C)C)sc2c1CCC2. The highest BCUT2D eigenvalue weighted by molar-refractivity contribution is 7.17. The first-order valence-corrected chi connectivity index (χ1v) is 8.50. The zero-order chi connectivity index (χ0) is 16.3. The zero-order valence-corrected chi connectivity index (χ0v) is 14.5. The van der Waals surface area contributed by atoms with Crippen LogP contribution in [-0.2, 0) is 22.4 Å². The number of amides is 1. The Morgan fingerprint density at radius 1 is 1.27 bits per heavy atom. The van der Waals surface area contributed by atoms with E-state index in [-0.39, 0.29) is 24.0 Å². The van der Waals surface area contributed by atoms with Gasteiger partial charge in [-0.15, -0.1) is 11.3 Å². The summed E-state index contributed by atoms with van der Waals surface area (Å²) in [6, 6.07) is 0. The van der Waals surface area contributed by atoms with Crippen molar-refractivity contribution >= 4 is 28.2 Å². The number of esters is 1. The summed E-state index contributed by atoms with van der Waals surface area (Å²) in [4.78, 5) is 25.5. The van der Waals surface area contributed by atoms with E-state index in [4.69, 9.17) is 4.74 Å². The number of aryl methyl sites for hydroxylation is 1. The van der Waals surface area contributed by atoms with E-state index in [2.05, 4.69) is 10.6 Å². The molecule has 0 aliphatic heterocycles. The first-order valence-electron chi connectivity index (χ1n) is 7.68. The summed E-state index contributed by atoms with van der Waals surface area (Å²) in [6.45, 7) is 8.35. The molecule has 0 fully saturated rings. The normalized spacial score (nSPS) is 13.8. The standard InChI is InChI=1S/C16H24N2O3S/c1-5-21-15(20)13-10-7-6-8-11(10)22-14(13)18-12(19)9-17-16(2,3)4/h17H,5-9H2,1-4H3,(H,18,19). The Bertz CT molecular complexity index is 573. The third-order valence-corrected chi connectivity index (χ3v) is 4.64. The third-order valence-electron chi connectivity index (χ3n) is 3.43. The summed E-state index contributed by atoms with van der Waals surface area (Å²) in [5, 5.41) is 6.64. The Balaban J connectivity index is 2.14.